The minimum atomic E-state index is -0.236. The predicted molar refractivity (Wildman–Crippen MR) is 103 cm³/mol. The maximum absolute atomic E-state index is 12.6. The number of anilines is 1. The summed E-state index contributed by atoms with van der Waals surface area (Å²) in [5.41, 5.74) is 2.92. The van der Waals surface area contributed by atoms with Crippen molar-refractivity contribution in [3.8, 4) is 0 Å². The van der Waals surface area contributed by atoms with Crippen LogP contribution in [0.2, 0.25) is 0 Å². The minimum absolute atomic E-state index is 0. The van der Waals surface area contributed by atoms with Crippen molar-refractivity contribution in [2.24, 2.45) is 0 Å². The van der Waals surface area contributed by atoms with Crippen LogP contribution >= 0.6 is 12.4 Å². The Morgan fingerprint density at radius 2 is 2.12 bits per heavy atom. The minimum Gasteiger partial charge on any atom is -0.377 e. The Kier molecular flexibility index (Phi) is 7.14. The first-order chi connectivity index (χ1) is 12.1. The first-order valence-corrected chi connectivity index (χ1v) is 8.66. The highest BCUT2D eigenvalue weighted by molar-refractivity contribution is 6.03. The number of ether oxygens (including phenoxy) is 1. The largest absolute Gasteiger partial charge is 0.377 e. The zero-order valence-corrected chi connectivity index (χ0v) is 16.2. The van der Waals surface area contributed by atoms with Crippen LogP contribution in [-0.2, 0) is 4.74 Å². The van der Waals surface area contributed by atoms with Gasteiger partial charge in [-0.1, -0.05) is 17.3 Å². The molecule has 1 aromatic carbocycles. The smallest absolute Gasteiger partial charge is 0.278 e. The molecule has 1 aliphatic rings. The number of nitrogens with one attached hydrogen (secondary N) is 2. The molecule has 1 aliphatic heterocycles. The van der Waals surface area contributed by atoms with Crippen LogP contribution in [0.1, 0.15) is 53.7 Å². The summed E-state index contributed by atoms with van der Waals surface area (Å²) in [5, 5.41) is 14.6. The number of carbonyl (C=O) groups is 1. The predicted octanol–water partition coefficient (Wildman–Crippen LogP) is 2.89. The highest BCUT2D eigenvalue weighted by Gasteiger charge is 2.23. The summed E-state index contributed by atoms with van der Waals surface area (Å²) in [4.78, 5) is 12.6. The van der Waals surface area contributed by atoms with Gasteiger partial charge in [0, 0.05) is 12.8 Å². The Morgan fingerprint density at radius 3 is 2.81 bits per heavy atom. The Labute approximate surface area is 159 Å². The maximum atomic E-state index is 12.6. The van der Waals surface area contributed by atoms with Crippen LogP contribution in [0, 0.1) is 6.92 Å². The van der Waals surface area contributed by atoms with Gasteiger partial charge >= 0.3 is 0 Å². The summed E-state index contributed by atoms with van der Waals surface area (Å²) < 4.78 is 7.22. The fourth-order valence-electron chi connectivity index (χ4n) is 3.14. The third-order valence-corrected chi connectivity index (χ3v) is 4.76. The lowest BCUT2D eigenvalue weighted by atomic mass is 10.1. The normalized spacial score (nSPS) is 16.0. The van der Waals surface area contributed by atoms with E-state index in [-0.39, 0.29) is 24.4 Å². The van der Waals surface area contributed by atoms with Gasteiger partial charge in [-0.25, -0.2) is 4.68 Å². The lowest BCUT2D eigenvalue weighted by Crippen LogP contribution is -2.30. The Morgan fingerprint density at radius 1 is 1.38 bits per heavy atom. The molecule has 1 fully saturated rings. The van der Waals surface area contributed by atoms with E-state index in [4.69, 9.17) is 4.74 Å². The van der Waals surface area contributed by atoms with Gasteiger partial charge in [0.2, 0.25) is 0 Å². The summed E-state index contributed by atoms with van der Waals surface area (Å²) in [5.74, 6) is -0.236. The second-order valence-corrected chi connectivity index (χ2v) is 6.41. The van der Waals surface area contributed by atoms with Crippen LogP contribution in [-0.4, -0.2) is 41.1 Å². The molecule has 2 heterocycles. The molecule has 1 saturated heterocycles. The van der Waals surface area contributed by atoms with Gasteiger partial charge in [-0.15, -0.1) is 17.5 Å². The lowest BCUT2D eigenvalue weighted by Gasteiger charge is -2.23. The molecule has 2 aromatic rings. The van der Waals surface area contributed by atoms with Crippen molar-refractivity contribution in [1.29, 1.82) is 0 Å². The van der Waals surface area contributed by atoms with Crippen LogP contribution in [0.25, 0.3) is 0 Å². The first kappa shape index (κ1) is 20.4. The average molecular weight is 380 g/mol. The molecule has 0 spiro atoms. The van der Waals surface area contributed by atoms with Gasteiger partial charge in [0.05, 0.1) is 17.8 Å². The van der Waals surface area contributed by atoms with Crippen molar-refractivity contribution in [2.45, 2.75) is 38.8 Å². The van der Waals surface area contributed by atoms with Crippen LogP contribution in [0.4, 0.5) is 5.69 Å². The quantitative estimate of drug-likeness (QED) is 0.834. The van der Waals surface area contributed by atoms with Crippen LogP contribution in [0.15, 0.2) is 24.3 Å². The van der Waals surface area contributed by atoms with E-state index in [1.165, 1.54) is 0 Å². The van der Waals surface area contributed by atoms with Gasteiger partial charge in [0.25, 0.3) is 5.91 Å². The third-order valence-electron chi connectivity index (χ3n) is 4.76. The molecule has 0 radical (unpaired) electrons. The second-order valence-electron chi connectivity index (χ2n) is 6.41. The summed E-state index contributed by atoms with van der Waals surface area (Å²) in [6, 6.07) is 7.96. The number of aromatic nitrogens is 3. The van der Waals surface area contributed by atoms with E-state index < -0.39 is 0 Å². The van der Waals surface area contributed by atoms with Gasteiger partial charge in [-0.05, 0) is 57.5 Å². The monoisotopic (exact) mass is 379 g/mol. The molecule has 1 unspecified atom stereocenters. The van der Waals surface area contributed by atoms with E-state index in [1.54, 1.807) is 7.11 Å². The molecule has 1 aromatic heterocycles. The SMILES string of the molecule is COC(C)c1cccc(NC(=O)c2nnn(C3CCNCC3)c2C)c1.Cl. The number of carbonyl (C=O) groups excluding carboxylic acids is 1. The van der Waals surface area contributed by atoms with Crippen LogP contribution in [0.5, 0.6) is 0 Å². The Hall–Kier alpha value is -1.96. The number of methoxy groups -OCH3 is 1. The lowest BCUT2D eigenvalue weighted by molar-refractivity contribution is 0.102. The van der Waals surface area contributed by atoms with E-state index >= 15 is 0 Å². The molecule has 1 atom stereocenters. The third kappa shape index (κ3) is 4.41. The van der Waals surface area contributed by atoms with E-state index in [0.29, 0.717) is 11.7 Å². The molecule has 7 nitrogen and oxygen atoms in total. The van der Waals surface area contributed by atoms with Gasteiger partial charge in [-0.3, -0.25) is 4.79 Å². The van der Waals surface area contributed by atoms with Crippen molar-refractivity contribution in [1.82, 2.24) is 20.3 Å². The van der Waals surface area contributed by atoms with Gasteiger partial charge < -0.3 is 15.4 Å². The number of amides is 1. The molecule has 0 saturated carbocycles. The maximum Gasteiger partial charge on any atom is 0.278 e. The summed E-state index contributed by atoms with van der Waals surface area (Å²) in [6.07, 6.45) is 1.98. The van der Waals surface area contributed by atoms with Crippen molar-refractivity contribution in [3.05, 3.63) is 41.2 Å². The van der Waals surface area contributed by atoms with Crippen molar-refractivity contribution < 1.29 is 9.53 Å². The standard InChI is InChI=1S/C18H25N5O2.ClH/c1-12-17(21-22-23(12)16-7-9-19-10-8-16)18(24)20-15-6-4-5-14(11-15)13(2)25-3;/h4-6,11,13,16,19H,7-10H2,1-3H3,(H,20,24);1H. The molecule has 0 aliphatic carbocycles. The Balaban J connectivity index is 0.00000243. The summed E-state index contributed by atoms with van der Waals surface area (Å²) >= 11 is 0. The molecule has 2 N–H and O–H groups in total. The highest BCUT2D eigenvalue weighted by atomic mass is 35.5. The first-order valence-electron chi connectivity index (χ1n) is 8.66. The molecule has 8 heteroatoms. The van der Waals surface area contributed by atoms with E-state index in [9.17, 15) is 4.79 Å². The number of rotatable bonds is 5. The van der Waals surface area contributed by atoms with Gasteiger partial charge in [-0.2, -0.15) is 0 Å². The fraction of sp³-hybridized carbons (Fsp3) is 0.500. The average Bonchev–Trinajstić information content (AvgIpc) is 3.03. The van der Waals surface area contributed by atoms with Gasteiger partial charge in [0.15, 0.2) is 5.69 Å². The number of halogens is 1. The summed E-state index contributed by atoms with van der Waals surface area (Å²) in [6.45, 7) is 5.81. The van der Waals surface area contributed by atoms with Crippen LogP contribution in [0.3, 0.4) is 0 Å². The molecule has 1 amide bonds. The molecule has 26 heavy (non-hydrogen) atoms. The van der Waals surface area contributed by atoms with E-state index in [1.807, 2.05) is 42.8 Å². The highest BCUT2D eigenvalue weighted by Crippen LogP contribution is 2.22. The van der Waals surface area contributed by atoms with Crippen molar-refractivity contribution in [2.75, 3.05) is 25.5 Å². The van der Waals surface area contributed by atoms with E-state index in [0.717, 1.165) is 42.9 Å². The molecular weight excluding hydrogens is 354 g/mol. The van der Waals surface area contributed by atoms with Crippen molar-refractivity contribution in [3.63, 3.8) is 0 Å². The molecular formula is C18H26ClN5O2. The topological polar surface area (TPSA) is 81.1 Å². The number of hydrogen-bond acceptors (Lipinski definition) is 5. The number of hydrogen-bond donors (Lipinski definition) is 2. The van der Waals surface area contributed by atoms with E-state index in [2.05, 4.69) is 20.9 Å². The molecule has 0 bridgehead atoms. The molecule has 142 valence electrons. The number of piperidine rings is 1. The zero-order valence-electron chi connectivity index (χ0n) is 15.4. The number of benzene rings is 1. The fourth-order valence-corrected chi connectivity index (χ4v) is 3.14. The van der Waals surface area contributed by atoms with Crippen molar-refractivity contribution >= 4 is 24.0 Å². The van der Waals surface area contributed by atoms with Crippen LogP contribution < -0.4 is 10.6 Å². The Bertz CT molecular complexity index is 743. The summed E-state index contributed by atoms with van der Waals surface area (Å²) in [7, 11) is 1.67. The zero-order chi connectivity index (χ0) is 17.8. The number of nitrogens with zero attached hydrogens (tertiary/aromatic N) is 3. The second kappa shape index (κ2) is 9.12. The van der Waals surface area contributed by atoms with Gasteiger partial charge in [0.1, 0.15) is 0 Å². The molecule has 3 rings (SSSR count).